The van der Waals surface area contributed by atoms with Crippen LogP contribution in [0.2, 0.25) is 15.1 Å². The Bertz CT molecular complexity index is 1490. The lowest BCUT2D eigenvalue weighted by molar-refractivity contribution is -0.113. The number of nitrogens with one attached hydrogen (secondary N) is 1. The highest BCUT2D eigenvalue weighted by Gasteiger charge is 2.35. The minimum Gasteiger partial charge on any atom is -0.340 e. The van der Waals surface area contributed by atoms with Crippen LogP contribution in [0.5, 0.6) is 0 Å². The van der Waals surface area contributed by atoms with Gasteiger partial charge in [0.05, 0.1) is 5.69 Å². The zero-order valence-electron chi connectivity index (χ0n) is 18.0. The molecular formula is C26H18Cl3N3O2. The summed E-state index contributed by atoms with van der Waals surface area (Å²) in [5.74, 6) is -0.427. The zero-order valence-corrected chi connectivity index (χ0v) is 20.2. The number of amides is 3. The summed E-state index contributed by atoms with van der Waals surface area (Å²) >= 11 is 18.4. The van der Waals surface area contributed by atoms with Crippen LogP contribution in [-0.4, -0.2) is 16.5 Å². The van der Waals surface area contributed by atoms with Gasteiger partial charge in [-0.3, -0.25) is 4.79 Å². The fourth-order valence-corrected chi connectivity index (χ4v) is 4.76. The maximum Gasteiger partial charge on any atom is 0.333 e. The summed E-state index contributed by atoms with van der Waals surface area (Å²) in [5, 5.41) is 5.35. The molecule has 3 aromatic carbocycles. The molecule has 0 atom stereocenters. The highest BCUT2D eigenvalue weighted by molar-refractivity contribution is 6.35. The molecule has 4 aromatic rings. The van der Waals surface area contributed by atoms with E-state index in [2.05, 4.69) is 9.88 Å². The molecule has 5 nitrogen and oxygen atoms in total. The van der Waals surface area contributed by atoms with E-state index < -0.39 is 11.9 Å². The molecule has 0 aliphatic carbocycles. The molecule has 0 bridgehead atoms. The minimum absolute atomic E-state index is 0.204. The van der Waals surface area contributed by atoms with Crippen molar-refractivity contribution in [3.05, 3.63) is 104 Å². The van der Waals surface area contributed by atoms with Crippen LogP contribution in [0.3, 0.4) is 0 Å². The Morgan fingerprint density at radius 2 is 1.62 bits per heavy atom. The lowest BCUT2D eigenvalue weighted by Gasteiger charge is -2.11. The van der Waals surface area contributed by atoms with Gasteiger partial charge in [-0.2, -0.15) is 0 Å². The number of urea groups is 1. The third-order valence-electron chi connectivity index (χ3n) is 5.87. The predicted octanol–water partition coefficient (Wildman–Crippen LogP) is 7.06. The monoisotopic (exact) mass is 509 g/mol. The van der Waals surface area contributed by atoms with Crippen LogP contribution in [0.15, 0.2) is 72.4 Å². The molecular weight excluding hydrogens is 493 g/mol. The van der Waals surface area contributed by atoms with Crippen molar-refractivity contribution in [3.8, 4) is 0 Å². The normalized spacial score (nSPS) is 14.9. The Kier molecular flexibility index (Phi) is 5.86. The van der Waals surface area contributed by atoms with Crippen molar-refractivity contribution in [3.63, 3.8) is 0 Å². The van der Waals surface area contributed by atoms with Crippen molar-refractivity contribution in [1.29, 1.82) is 0 Å². The second-order valence-electron chi connectivity index (χ2n) is 7.94. The molecule has 3 amide bonds. The number of anilines is 1. The van der Waals surface area contributed by atoms with E-state index in [4.69, 9.17) is 34.8 Å². The molecule has 0 unspecified atom stereocenters. The first kappa shape index (κ1) is 22.5. The van der Waals surface area contributed by atoms with Crippen LogP contribution in [0.1, 0.15) is 16.8 Å². The summed E-state index contributed by atoms with van der Waals surface area (Å²) in [7, 11) is 0. The molecule has 1 N–H and O–H groups in total. The van der Waals surface area contributed by atoms with Crippen molar-refractivity contribution in [2.24, 2.45) is 0 Å². The van der Waals surface area contributed by atoms with Crippen molar-refractivity contribution in [2.45, 2.75) is 13.5 Å². The topological polar surface area (TPSA) is 54.3 Å². The molecule has 0 spiro atoms. The van der Waals surface area contributed by atoms with Crippen molar-refractivity contribution in [2.75, 3.05) is 4.90 Å². The highest BCUT2D eigenvalue weighted by atomic mass is 35.5. The number of aromatic nitrogens is 1. The molecule has 0 saturated carbocycles. The second-order valence-corrected chi connectivity index (χ2v) is 9.22. The molecule has 2 heterocycles. The number of hydrogen-bond acceptors (Lipinski definition) is 2. The van der Waals surface area contributed by atoms with Crippen molar-refractivity contribution >= 4 is 69.4 Å². The number of hydrogen-bond donors (Lipinski definition) is 1. The first-order chi connectivity index (χ1) is 16.3. The van der Waals surface area contributed by atoms with Gasteiger partial charge in [0.25, 0.3) is 5.91 Å². The van der Waals surface area contributed by atoms with Gasteiger partial charge in [0.2, 0.25) is 0 Å². The van der Waals surface area contributed by atoms with E-state index in [0.29, 0.717) is 27.3 Å². The molecule has 1 aliphatic heterocycles. The average molecular weight is 511 g/mol. The van der Waals surface area contributed by atoms with Gasteiger partial charge < -0.3 is 9.88 Å². The molecule has 34 heavy (non-hydrogen) atoms. The summed E-state index contributed by atoms with van der Waals surface area (Å²) in [5.41, 5.74) is 4.36. The smallest absolute Gasteiger partial charge is 0.333 e. The predicted molar refractivity (Wildman–Crippen MR) is 138 cm³/mol. The fourth-order valence-electron chi connectivity index (χ4n) is 4.17. The standard InChI is InChI=1S/C26H18Cl3N3O2/c1-15-21(13-23-25(33)32(26(34)30-23)19-10-8-17(27)9-11-19)20-4-2-3-5-24(20)31(15)14-16-6-7-18(28)12-22(16)29/h2-13H,14H2,1H3,(H,30,34)/b23-13+. The average Bonchev–Trinajstić information content (AvgIpc) is 3.24. The Morgan fingerprint density at radius 3 is 2.35 bits per heavy atom. The van der Waals surface area contributed by atoms with Gasteiger partial charge in [0, 0.05) is 43.8 Å². The number of rotatable bonds is 4. The maximum absolute atomic E-state index is 13.1. The van der Waals surface area contributed by atoms with E-state index >= 15 is 0 Å². The number of benzene rings is 3. The number of imide groups is 1. The number of nitrogens with zero attached hydrogens (tertiary/aromatic N) is 2. The number of fused-ring (bicyclic) bond motifs is 1. The third kappa shape index (κ3) is 3.96. The lowest BCUT2D eigenvalue weighted by atomic mass is 10.1. The Labute approximate surface area is 211 Å². The minimum atomic E-state index is -0.507. The van der Waals surface area contributed by atoms with Crippen molar-refractivity contribution < 1.29 is 9.59 Å². The zero-order chi connectivity index (χ0) is 24.0. The van der Waals surface area contributed by atoms with Gasteiger partial charge in [-0.1, -0.05) is 59.1 Å². The molecule has 1 fully saturated rings. The van der Waals surface area contributed by atoms with E-state index in [-0.39, 0.29) is 5.70 Å². The maximum atomic E-state index is 13.1. The lowest BCUT2D eigenvalue weighted by Crippen LogP contribution is -2.30. The summed E-state index contributed by atoms with van der Waals surface area (Å²) in [6.45, 7) is 2.51. The van der Waals surface area contributed by atoms with E-state index in [1.807, 2.05) is 43.3 Å². The largest absolute Gasteiger partial charge is 0.340 e. The number of halogens is 3. The van der Waals surface area contributed by atoms with E-state index in [1.165, 1.54) is 0 Å². The summed E-state index contributed by atoms with van der Waals surface area (Å²) in [6, 6.07) is 19.4. The van der Waals surface area contributed by atoms with Gasteiger partial charge in [-0.15, -0.1) is 0 Å². The van der Waals surface area contributed by atoms with E-state index in [9.17, 15) is 9.59 Å². The van der Waals surface area contributed by atoms with E-state index in [0.717, 1.165) is 32.6 Å². The quantitative estimate of drug-likeness (QED) is 0.236. The Hall–Kier alpha value is -3.25. The first-order valence-corrected chi connectivity index (χ1v) is 11.6. The highest BCUT2D eigenvalue weighted by Crippen LogP contribution is 2.32. The summed E-state index contributed by atoms with van der Waals surface area (Å²) in [6.07, 6.45) is 1.73. The van der Waals surface area contributed by atoms with Crippen LogP contribution >= 0.6 is 34.8 Å². The van der Waals surface area contributed by atoms with Crippen LogP contribution < -0.4 is 10.2 Å². The molecule has 1 aliphatic rings. The second kappa shape index (κ2) is 8.84. The number of carbonyl (C=O) groups excluding carboxylic acids is 2. The summed E-state index contributed by atoms with van der Waals surface area (Å²) < 4.78 is 2.13. The molecule has 5 rings (SSSR count). The van der Waals surface area contributed by atoms with Crippen LogP contribution in [0.4, 0.5) is 10.5 Å². The van der Waals surface area contributed by atoms with E-state index in [1.54, 1.807) is 36.4 Å². The number of carbonyl (C=O) groups is 2. The number of para-hydroxylation sites is 1. The SMILES string of the molecule is Cc1c(/C=C2/NC(=O)N(c3ccc(Cl)cc3)C2=O)c2ccccc2n1Cc1ccc(Cl)cc1Cl. The van der Waals surface area contributed by atoms with Gasteiger partial charge >= 0.3 is 6.03 Å². The summed E-state index contributed by atoms with van der Waals surface area (Å²) in [4.78, 5) is 26.9. The fraction of sp³-hybridized carbons (Fsp3) is 0.0769. The third-order valence-corrected chi connectivity index (χ3v) is 6.71. The van der Waals surface area contributed by atoms with Crippen LogP contribution in [0, 0.1) is 6.92 Å². The molecule has 170 valence electrons. The van der Waals surface area contributed by atoms with Gasteiger partial charge in [-0.25, -0.2) is 9.69 Å². The van der Waals surface area contributed by atoms with Crippen molar-refractivity contribution in [1.82, 2.24) is 9.88 Å². The van der Waals surface area contributed by atoms with Crippen LogP contribution in [-0.2, 0) is 11.3 Å². The Morgan fingerprint density at radius 1 is 0.912 bits per heavy atom. The molecule has 8 heteroatoms. The van der Waals surface area contributed by atoms with Gasteiger partial charge in [-0.05, 0) is 61.0 Å². The molecule has 0 radical (unpaired) electrons. The molecule has 1 aromatic heterocycles. The van der Waals surface area contributed by atoms with Gasteiger partial charge in [0.15, 0.2) is 0 Å². The van der Waals surface area contributed by atoms with Crippen LogP contribution in [0.25, 0.3) is 17.0 Å². The van der Waals surface area contributed by atoms with Gasteiger partial charge in [0.1, 0.15) is 5.70 Å². The first-order valence-electron chi connectivity index (χ1n) is 10.5. The Balaban J connectivity index is 1.57. The molecule has 1 saturated heterocycles.